The first kappa shape index (κ1) is 23.6. The van der Waals surface area contributed by atoms with E-state index in [0.29, 0.717) is 48.9 Å². The molecule has 3 aliphatic carbocycles. The summed E-state index contributed by atoms with van der Waals surface area (Å²) in [6.45, 7) is 2.83. The third kappa shape index (κ3) is 4.21. The van der Waals surface area contributed by atoms with Crippen molar-refractivity contribution in [2.75, 3.05) is 38.3 Å². The third-order valence-corrected chi connectivity index (χ3v) is 8.88. The summed E-state index contributed by atoms with van der Waals surface area (Å²) in [5, 5.41) is 12.5. The molecule has 7 rings (SSSR count). The van der Waals surface area contributed by atoms with E-state index in [-0.39, 0.29) is 12.0 Å². The van der Waals surface area contributed by atoms with Gasteiger partial charge in [0.15, 0.2) is 0 Å². The van der Waals surface area contributed by atoms with Gasteiger partial charge in [-0.3, -0.25) is 9.78 Å². The molecule has 194 valence electrons. The first-order valence-electron chi connectivity index (χ1n) is 14.0. The molecule has 1 aliphatic heterocycles. The lowest BCUT2D eigenvalue weighted by molar-refractivity contribution is -0.136. The number of nitriles is 1. The number of nitrogens with zero attached hydrogens (tertiary/aromatic N) is 5. The number of fused-ring (bicyclic) bond motifs is 1. The third-order valence-electron chi connectivity index (χ3n) is 8.88. The summed E-state index contributed by atoms with van der Waals surface area (Å²) in [5.74, 6) is 2.57. The summed E-state index contributed by atoms with van der Waals surface area (Å²) < 4.78 is 5.30. The minimum absolute atomic E-state index is 0.118. The Hall–Kier alpha value is -3.50. The number of benzene rings is 1. The maximum Gasteiger partial charge on any atom is 0.226 e. The Morgan fingerprint density at radius 1 is 1.16 bits per heavy atom. The zero-order chi connectivity index (χ0) is 25.8. The van der Waals surface area contributed by atoms with E-state index in [1.165, 1.54) is 12.8 Å². The zero-order valence-corrected chi connectivity index (χ0v) is 21.8. The van der Waals surface area contributed by atoms with Crippen LogP contribution in [0.2, 0.25) is 0 Å². The first-order valence-corrected chi connectivity index (χ1v) is 14.0. The van der Waals surface area contributed by atoms with Gasteiger partial charge in [-0.2, -0.15) is 5.26 Å². The van der Waals surface area contributed by atoms with Gasteiger partial charge in [-0.25, -0.2) is 4.98 Å². The Bertz CT molecular complexity index is 1430. The standard InChI is InChI=1S/C31H33N5O2/c1-38-18-23-14-26(23)31(37)36-12-11-35(17-28(36)19-5-6-19)30-22(15-32)13-27(29(34-30)20-7-8-20)25-4-2-3-21-16-33-10-9-24(21)25/h2-4,9-10,13,16,19-20,23,26,28H,5-8,11-12,14,17-18H2,1H3/t23-,26-,28?/m0/s1. The van der Waals surface area contributed by atoms with Crippen molar-refractivity contribution in [2.24, 2.45) is 17.8 Å². The minimum atomic E-state index is 0.118. The number of anilines is 1. The minimum Gasteiger partial charge on any atom is -0.384 e. The predicted octanol–water partition coefficient (Wildman–Crippen LogP) is 4.76. The monoisotopic (exact) mass is 507 g/mol. The average Bonchev–Trinajstić information content (AvgIpc) is 3.81. The second-order valence-corrected chi connectivity index (χ2v) is 11.5. The van der Waals surface area contributed by atoms with Crippen molar-refractivity contribution in [1.29, 1.82) is 5.26 Å². The highest BCUT2D eigenvalue weighted by atomic mass is 16.5. The molecule has 0 bridgehead atoms. The Labute approximate surface area is 223 Å². The molecule has 4 fully saturated rings. The Morgan fingerprint density at radius 2 is 2.03 bits per heavy atom. The highest BCUT2D eigenvalue weighted by Crippen LogP contribution is 2.47. The van der Waals surface area contributed by atoms with Gasteiger partial charge in [-0.15, -0.1) is 0 Å². The summed E-state index contributed by atoms with van der Waals surface area (Å²) in [4.78, 5) is 27.4. The maximum absolute atomic E-state index is 13.4. The summed E-state index contributed by atoms with van der Waals surface area (Å²) in [7, 11) is 1.71. The van der Waals surface area contributed by atoms with Crippen LogP contribution in [0.15, 0.2) is 42.7 Å². The molecule has 0 spiro atoms. The number of rotatable bonds is 7. The number of hydrogen-bond acceptors (Lipinski definition) is 6. The van der Waals surface area contributed by atoms with Crippen molar-refractivity contribution >= 4 is 22.5 Å². The van der Waals surface area contributed by atoms with E-state index >= 15 is 0 Å². The number of ether oxygens (including phenoxy) is 1. The lowest BCUT2D eigenvalue weighted by Crippen LogP contribution is -2.57. The van der Waals surface area contributed by atoms with Crippen LogP contribution in [0.4, 0.5) is 5.82 Å². The fourth-order valence-electron chi connectivity index (χ4n) is 6.40. The number of methoxy groups -OCH3 is 1. The summed E-state index contributed by atoms with van der Waals surface area (Å²) in [6, 6.07) is 13.0. The molecule has 3 saturated carbocycles. The van der Waals surface area contributed by atoms with Crippen LogP contribution < -0.4 is 4.90 Å². The van der Waals surface area contributed by atoms with E-state index in [9.17, 15) is 10.1 Å². The summed E-state index contributed by atoms with van der Waals surface area (Å²) in [5.41, 5.74) is 3.90. The van der Waals surface area contributed by atoms with E-state index in [2.05, 4.69) is 51.2 Å². The second kappa shape index (κ2) is 9.36. The summed E-state index contributed by atoms with van der Waals surface area (Å²) >= 11 is 0. The fraction of sp³-hybridized carbons (Fsp3) is 0.484. The van der Waals surface area contributed by atoms with Crippen LogP contribution in [0.3, 0.4) is 0 Å². The van der Waals surface area contributed by atoms with Crippen LogP contribution in [0.1, 0.15) is 49.3 Å². The van der Waals surface area contributed by atoms with Gasteiger partial charge < -0.3 is 14.5 Å². The van der Waals surface area contributed by atoms with Crippen molar-refractivity contribution in [3.8, 4) is 17.2 Å². The molecule has 38 heavy (non-hydrogen) atoms. The molecule has 3 atom stereocenters. The van der Waals surface area contributed by atoms with Crippen molar-refractivity contribution in [3.63, 3.8) is 0 Å². The molecule has 7 nitrogen and oxygen atoms in total. The van der Waals surface area contributed by atoms with Crippen LogP contribution in [0.5, 0.6) is 0 Å². The molecule has 7 heteroatoms. The molecule has 0 N–H and O–H groups in total. The Balaban J connectivity index is 1.22. The summed E-state index contributed by atoms with van der Waals surface area (Å²) in [6.07, 6.45) is 9.28. The first-order chi connectivity index (χ1) is 18.7. The van der Waals surface area contributed by atoms with Crippen LogP contribution in [-0.2, 0) is 9.53 Å². The van der Waals surface area contributed by atoms with Gasteiger partial charge in [0.05, 0.1) is 17.3 Å². The second-order valence-electron chi connectivity index (χ2n) is 11.5. The van der Waals surface area contributed by atoms with Gasteiger partial charge >= 0.3 is 0 Å². The number of carbonyl (C=O) groups excluding carboxylic acids is 1. The lowest BCUT2D eigenvalue weighted by atomic mass is 9.95. The predicted molar refractivity (Wildman–Crippen MR) is 146 cm³/mol. The molecule has 0 radical (unpaired) electrons. The maximum atomic E-state index is 13.4. The molecule has 1 saturated heterocycles. The van der Waals surface area contributed by atoms with Crippen LogP contribution in [0.25, 0.3) is 21.9 Å². The van der Waals surface area contributed by atoms with E-state index < -0.39 is 0 Å². The van der Waals surface area contributed by atoms with Gasteiger partial charge in [0.2, 0.25) is 5.91 Å². The van der Waals surface area contributed by atoms with E-state index in [4.69, 9.17) is 9.72 Å². The van der Waals surface area contributed by atoms with Crippen molar-refractivity contribution in [1.82, 2.24) is 14.9 Å². The number of hydrogen-bond donors (Lipinski definition) is 0. The van der Waals surface area contributed by atoms with Gasteiger partial charge in [0.25, 0.3) is 0 Å². The van der Waals surface area contributed by atoms with E-state index in [0.717, 1.165) is 59.2 Å². The van der Waals surface area contributed by atoms with Gasteiger partial charge in [0, 0.05) is 68.5 Å². The molecule has 1 unspecified atom stereocenters. The molecular weight excluding hydrogens is 474 g/mol. The molecule has 3 heterocycles. The van der Waals surface area contributed by atoms with Crippen LogP contribution in [0, 0.1) is 29.1 Å². The number of pyridine rings is 2. The number of aromatic nitrogens is 2. The Kier molecular flexibility index (Phi) is 5.81. The number of amides is 1. The largest absolute Gasteiger partial charge is 0.384 e. The average molecular weight is 508 g/mol. The highest BCUT2D eigenvalue weighted by molar-refractivity contribution is 5.97. The number of piperazine rings is 1. The van der Waals surface area contributed by atoms with Crippen molar-refractivity contribution in [2.45, 2.75) is 44.1 Å². The van der Waals surface area contributed by atoms with Crippen LogP contribution in [-0.4, -0.2) is 60.2 Å². The fourth-order valence-corrected chi connectivity index (χ4v) is 6.40. The van der Waals surface area contributed by atoms with E-state index in [1.54, 1.807) is 7.11 Å². The molecule has 4 aliphatic rings. The van der Waals surface area contributed by atoms with Gasteiger partial charge in [0.1, 0.15) is 11.9 Å². The molecule has 3 aromatic rings. The lowest BCUT2D eigenvalue weighted by Gasteiger charge is -2.43. The smallest absolute Gasteiger partial charge is 0.226 e. The zero-order valence-electron chi connectivity index (χ0n) is 21.8. The topological polar surface area (TPSA) is 82.3 Å². The molecular formula is C31H33N5O2. The van der Waals surface area contributed by atoms with Crippen molar-refractivity contribution < 1.29 is 9.53 Å². The normalized spacial score (nSPS) is 24.9. The number of carbonyl (C=O) groups is 1. The molecule has 2 aromatic heterocycles. The molecule has 1 amide bonds. The van der Waals surface area contributed by atoms with Crippen LogP contribution >= 0.6 is 0 Å². The van der Waals surface area contributed by atoms with E-state index in [1.807, 2.05) is 12.4 Å². The van der Waals surface area contributed by atoms with Gasteiger partial charge in [-0.1, -0.05) is 18.2 Å². The van der Waals surface area contributed by atoms with Crippen molar-refractivity contribution in [3.05, 3.63) is 54.0 Å². The SMILES string of the molecule is COC[C@@H]1C[C@@H]1C(=O)N1CCN(c2nc(C3CC3)c(-c3cccc4cnccc34)cc2C#N)CC1C1CC1. The highest BCUT2D eigenvalue weighted by Gasteiger charge is 2.49. The molecule has 1 aromatic carbocycles. The van der Waals surface area contributed by atoms with Gasteiger partial charge in [-0.05, 0) is 67.0 Å². The quantitative estimate of drug-likeness (QED) is 0.459. The Morgan fingerprint density at radius 3 is 2.79 bits per heavy atom.